The first-order valence-electron chi connectivity index (χ1n) is 6.88. The molecule has 1 aromatic carbocycles. The van der Waals surface area contributed by atoms with E-state index < -0.39 is 0 Å². The lowest BCUT2D eigenvalue weighted by Crippen LogP contribution is -2.41. The molecule has 2 atom stereocenters. The molecule has 1 saturated heterocycles. The van der Waals surface area contributed by atoms with Crippen molar-refractivity contribution in [2.45, 2.75) is 32.4 Å². The van der Waals surface area contributed by atoms with Crippen molar-refractivity contribution >= 4 is 5.69 Å². The molecule has 0 saturated carbocycles. The number of nitrogens with one attached hydrogen (secondary N) is 1. The molecule has 3 nitrogen and oxygen atoms in total. The Balaban J connectivity index is 2.07. The number of ether oxygens (including phenoxy) is 1. The predicted octanol–water partition coefficient (Wildman–Crippen LogP) is 2.58. The Labute approximate surface area is 110 Å². The Bertz CT molecular complexity index is 359. The first-order chi connectivity index (χ1) is 8.74. The van der Waals surface area contributed by atoms with Crippen molar-refractivity contribution in [1.29, 1.82) is 0 Å². The van der Waals surface area contributed by atoms with Gasteiger partial charge in [-0.25, -0.2) is 0 Å². The molecule has 0 amide bonds. The van der Waals surface area contributed by atoms with Crippen LogP contribution in [0.15, 0.2) is 24.3 Å². The summed E-state index contributed by atoms with van der Waals surface area (Å²) in [5, 5.41) is 3.34. The minimum absolute atomic E-state index is 0.333. The second-order valence-electron chi connectivity index (χ2n) is 4.97. The monoisotopic (exact) mass is 248 g/mol. The second-order valence-corrected chi connectivity index (χ2v) is 4.97. The van der Waals surface area contributed by atoms with Crippen molar-refractivity contribution in [3.05, 3.63) is 29.8 Å². The zero-order chi connectivity index (χ0) is 13.0. The SMILES string of the molecule is CCC(NC)c1ccc(N2CCOC(C)C2)cc1. The van der Waals surface area contributed by atoms with Crippen LogP contribution in [0, 0.1) is 0 Å². The molecule has 100 valence electrons. The Morgan fingerprint density at radius 2 is 2.11 bits per heavy atom. The summed E-state index contributed by atoms with van der Waals surface area (Å²) in [6, 6.07) is 9.39. The van der Waals surface area contributed by atoms with Crippen molar-refractivity contribution in [3.63, 3.8) is 0 Å². The molecule has 0 aromatic heterocycles. The molecule has 2 rings (SSSR count). The summed E-state index contributed by atoms with van der Waals surface area (Å²) in [6.45, 7) is 7.15. The van der Waals surface area contributed by atoms with Crippen LogP contribution in [-0.2, 0) is 4.74 Å². The van der Waals surface area contributed by atoms with Crippen LogP contribution in [0.4, 0.5) is 5.69 Å². The molecule has 1 heterocycles. The fourth-order valence-electron chi connectivity index (χ4n) is 2.58. The van der Waals surface area contributed by atoms with E-state index in [1.54, 1.807) is 0 Å². The van der Waals surface area contributed by atoms with E-state index in [-0.39, 0.29) is 0 Å². The molecule has 2 unspecified atom stereocenters. The normalized spacial score (nSPS) is 21.9. The van der Waals surface area contributed by atoms with Gasteiger partial charge < -0.3 is 15.0 Å². The maximum Gasteiger partial charge on any atom is 0.0722 e. The topological polar surface area (TPSA) is 24.5 Å². The highest BCUT2D eigenvalue weighted by atomic mass is 16.5. The van der Waals surface area contributed by atoms with Crippen LogP contribution in [0.5, 0.6) is 0 Å². The first kappa shape index (κ1) is 13.4. The van der Waals surface area contributed by atoms with E-state index in [0.29, 0.717) is 12.1 Å². The van der Waals surface area contributed by atoms with Gasteiger partial charge in [0.1, 0.15) is 0 Å². The van der Waals surface area contributed by atoms with Crippen molar-refractivity contribution in [1.82, 2.24) is 5.32 Å². The van der Waals surface area contributed by atoms with Gasteiger partial charge in [0.05, 0.1) is 12.7 Å². The standard InChI is InChI=1S/C15H24N2O/c1-4-15(16-3)13-5-7-14(8-6-13)17-9-10-18-12(2)11-17/h5-8,12,15-16H,4,9-11H2,1-3H3. The maximum absolute atomic E-state index is 5.57. The fourth-order valence-corrected chi connectivity index (χ4v) is 2.58. The highest BCUT2D eigenvalue weighted by Gasteiger charge is 2.17. The van der Waals surface area contributed by atoms with Crippen molar-refractivity contribution in [2.24, 2.45) is 0 Å². The summed E-state index contributed by atoms with van der Waals surface area (Å²) in [5.41, 5.74) is 2.67. The third-order valence-electron chi connectivity index (χ3n) is 3.66. The molecule has 0 bridgehead atoms. The number of benzene rings is 1. The van der Waals surface area contributed by atoms with E-state index in [1.807, 2.05) is 7.05 Å². The summed E-state index contributed by atoms with van der Waals surface area (Å²) >= 11 is 0. The summed E-state index contributed by atoms with van der Waals surface area (Å²) in [5.74, 6) is 0. The molecular formula is C15H24N2O. The van der Waals surface area contributed by atoms with Crippen molar-refractivity contribution in [2.75, 3.05) is 31.6 Å². The third-order valence-corrected chi connectivity index (χ3v) is 3.66. The van der Waals surface area contributed by atoms with E-state index in [0.717, 1.165) is 26.1 Å². The lowest BCUT2D eigenvalue weighted by atomic mass is 10.0. The summed E-state index contributed by atoms with van der Waals surface area (Å²) in [6.07, 6.45) is 1.45. The van der Waals surface area contributed by atoms with E-state index in [1.165, 1.54) is 11.3 Å². The Kier molecular flexibility index (Phi) is 4.61. The molecule has 18 heavy (non-hydrogen) atoms. The molecular weight excluding hydrogens is 224 g/mol. The minimum atomic E-state index is 0.333. The Morgan fingerprint density at radius 3 is 2.67 bits per heavy atom. The molecule has 0 radical (unpaired) electrons. The van der Waals surface area contributed by atoms with Crippen LogP contribution in [0.3, 0.4) is 0 Å². The van der Waals surface area contributed by atoms with Crippen LogP contribution < -0.4 is 10.2 Å². The third kappa shape index (κ3) is 3.03. The minimum Gasteiger partial charge on any atom is -0.375 e. The first-order valence-corrected chi connectivity index (χ1v) is 6.88. The molecule has 1 fully saturated rings. The second kappa shape index (κ2) is 6.21. The number of hydrogen-bond acceptors (Lipinski definition) is 3. The van der Waals surface area contributed by atoms with Crippen molar-refractivity contribution < 1.29 is 4.74 Å². The van der Waals surface area contributed by atoms with Crippen LogP contribution in [0.1, 0.15) is 31.9 Å². The van der Waals surface area contributed by atoms with Gasteiger partial charge >= 0.3 is 0 Å². The zero-order valence-electron chi connectivity index (χ0n) is 11.6. The highest BCUT2D eigenvalue weighted by molar-refractivity contribution is 5.48. The lowest BCUT2D eigenvalue weighted by molar-refractivity contribution is 0.0532. The van der Waals surface area contributed by atoms with Crippen molar-refractivity contribution in [3.8, 4) is 0 Å². The molecule has 1 aliphatic heterocycles. The molecule has 1 aliphatic rings. The zero-order valence-corrected chi connectivity index (χ0v) is 11.6. The largest absolute Gasteiger partial charge is 0.375 e. The quantitative estimate of drug-likeness (QED) is 0.886. The maximum atomic E-state index is 5.57. The Morgan fingerprint density at radius 1 is 1.39 bits per heavy atom. The van der Waals surface area contributed by atoms with Gasteiger partial charge in [-0.05, 0) is 38.1 Å². The number of anilines is 1. The average Bonchev–Trinajstić information content (AvgIpc) is 2.41. The lowest BCUT2D eigenvalue weighted by Gasteiger charge is -2.33. The van der Waals surface area contributed by atoms with Crippen LogP contribution in [0.2, 0.25) is 0 Å². The van der Waals surface area contributed by atoms with E-state index in [4.69, 9.17) is 4.74 Å². The Hall–Kier alpha value is -1.06. The molecule has 3 heteroatoms. The average molecular weight is 248 g/mol. The summed E-state index contributed by atoms with van der Waals surface area (Å²) in [4.78, 5) is 2.40. The van der Waals surface area contributed by atoms with Gasteiger partial charge in [-0.2, -0.15) is 0 Å². The number of nitrogens with zero attached hydrogens (tertiary/aromatic N) is 1. The smallest absolute Gasteiger partial charge is 0.0722 e. The van der Waals surface area contributed by atoms with Crippen LogP contribution in [-0.4, -0.2) is 32.8 Å². The fraction of sp³-hybridized carbons (Fsp3) is 0.600. The number of hydrogen-bond donors (Lipinski definition) is 1. The van der Waals surface area contributed by atoms with E-state index in [2.05, 4.69) is 48.3 Å². The van der Waals surface area contributed by atoms with Crippen LogP contribution in [0.25, 0.3) is 0 Å². The predicted molar refractivity (Wildman–Crippen MR) is 76.2 cm³/mol. The summed E-state index contributed by atoms with van der Waals surface area (Å²) in [7, 11) is 2.02. The van der Waals surface area contributed by atoms with Gasteiger partial charge in [-0.1, -0.05) is 19.1 Å². The molecule has 1 N–H and O–H groups in total. The number of rotatable bonds is 4. The molecule has 1 aromatic rings. The van der Waals surface area contributed by atoms with E-state index >= 15 is 0 Å². The van der Waals surface area contributed by atoms with Crippen LogP contribution >= 0.6 is 0 Å². The van der Waals surface area contributed by atoms with Gasteiger partial charge in [-0.3, -0.25) is 0 Å². The highest BCUT2D eigenvalue weighted by Crippen LogP contribution is 2.22. The van der Waals surface area contributed by atoms with Gasteiger partial charge in [-0.15, -0.1) is 0 Å². The van der Waals surface area contributed by atoms with Gasteiger partial charge in [0.2, 0.25) is 0 Å². The van der Waals surface area contributed by atoms with Gasteiger partial charge in [0.25, 0.3) is 0 Å². The molecule has 0 aliphatic carbocycles. The van der Waals surface area contributed by atoms with Gasteiger partial charge in [0, 0.05) is 24.8 Å². The summed E-state index contributed by atoms with van der Waals surface area (Å²) < 4.78 is 5.57. The van der Waals surface area contributed by atoms with E-state index in [9.17, 15) is 0 Å². The van der Waals surface area contributed by atoms with Gasteiger partial charge in [0.15, 0.2) is 0 Å². The molecule has 0 spiro atoms. The number of morpholine rings is 1.